The van der Waals surface area contributed by atoms with Gasteiger partial charge in [-0.15, -0.1) is 0 Å². The smallest absolute Gasteiger partial charge is 0.346 e. The lowest BCUT2D eigenvalue weighted by Gasteiger charge is -2.18. The van der Waals surface area contributed by atoms with Gasteiger partial charge in [0.25, 0.3) is 5.91 Å². The van der Waals surface area contributed by atoms with Crippen molar-refractivity contribution in [3.8, 4) is 0 Å². The second kappa shape index (κ2) is 5.16. The Kier molecular flexibility index (Phi) is 3.09. The molecule has 3 amide bonds. The van der Waals surface area contributed by atoms with Crippen LogP contribution in [0.25, 0.3) is 11.0 Å². The Hall–Kier alpha value is -3.22. The van der Waals surface area contributed by atoms with E-state index in [0.29, 0.717) is 11.3 Å². The van der Waals surface area contributed by atoms with Gasteiger partial charge in [-0.05, 0) is 37.3 Å². The summed E-state index contributed by atoms with van der Waals surface area (Å²) in [6.45, 7) is 1.92. The average Bonchev–Trinajstić information content (AvgIpc) is 3.10. The number of carbonyl (C=O) groups is 2. The molecule has 1 aliphatic carbocycles. The van der Waals surface area contributed by atoms with Crippen molar-refractivity contribution in [3.05, 3.63) is 53.5 Å². The minimum absolute atomic E-state index is 0.0757. The highest BCUT2D eigenvalue weighted by Crippen LogP contribution is 2.27. The molecular weight excluding hydrogens is 306 g/mol. The number of urea groups is 1. The summed E-state index contributed by atoms with van der Waals surface area (Å²) in [5.74, 6) is 0.688. The third-order valence-electron chi connectivity index (χ3n) is 4.18. The Morgan fingerprint density at radius 3 is 3.00 bits per heavy atom. The van der Waals surface area contributed by atoms with Crippen molar-refractivity contribution >= 4 is 28.7 Å². The summed E-state index contributed by atoms with van der Waals surface area (Å²) in [4.78, 5) is 31.6. The van der Waals surface area contributed by atoms with Gasteiger partial charge in [0.2, 0.25) is 0 Å². The van der Waals surface area contributed by atoms with Gasteiger partial charge in [0.15, 0.2) is 0 Å². The van der Waals surface area contributed by atoms with E-state index >= 15 is 0 Å². The zero-order valence-corrected chi connectivity index (χ0v) is 13.2. The van der Waals surface area contributed by atoms with Crippen molar-refractivity contribution in [2.24, 2.45) is 4.99 Å². The maximum Gasteiger partial charge on any atom is 0.346 e. The Bertz CT molecular complexity index is 980. The maximum absolute atomic E-state index is 11.8. The first kappa shape index (κ1) is 14.4. The number of amides is 3. The minimum atomic E-state index is -0.344. The molecule has 0 spiro atoms. The number of allylic oxidation sites excluding steroid dienone is 3. The molecule has 1 aliphatic heterocycles. The van der Waals surface area contributed by atoms with Gasteiger partial charge in [-0.3, -0.25) is 4.79 Å². The van der Waals surface area contributed by atoms with Crippen molar-refractivity contribution in [2.75, 3.05) is 7.05 Å². The molecule has 1 atom stereocenters. The minimum Gasteiger partial charge on any atom is -0.355 e. The summed E-state index contributed by atoms with van der Waals surface area (Å²) in [5, 5.41) is 5.34. The molecule has 2 N–H and O–H groups in total. The molecule has 1 unspecified atom stereocenters. The fraction of sp³-hybridized carbons (Fsp3) is 0.176. The van der Waals surface area contributed by atoms with Crippen LogP contribution in [0.4, 0.5) is 4.79 Å². The van der Waals surface area contributed by atoms with E-state index in [1.54, 1.807) is 19.2 Å². The molecule has 0 fully saturated rings. The van der Waals surface area contributed by atoms with Gasteiger partial charge in [0, 0.05) is 12.6 Å². The highest BCUT2D eigenvalue weighted by atomic mass is 16.2. The number of aromatic nitrogens is 2. The monoisotopic (exact) mass is 321 g/mol. The van der Waals surface area contributed by atoms with Crippen LogP contribution in [0.3, 0.4) is 0 Å². The summed E-state index contributed by atoms with van der Waals surface area (Å²) < 4.78 is 2.06. The van der Waals surface area contributed by atoms with Crippen LogP contribution in [0.1, 0.15) is 22.2 Å². The van der Waals surface area contributed by atoms with E-state index in [0.717, 1.165) is 22.6 Å². The number of hydrogen-bond donors (Lipinski definition) is 2. The average molecular weight is 321 g/mol. The van der Waals surface area contributed by atoms with Crippen LogP contribution in [0, 0.1) is 6.92 Å². The fourth-order valence-corrected chi connectivity index (χ4v) is 3.09. The standard InChI is InChI=1S/C17H15N5O2/c1-9-19-14-7-10(16(23)18-2)3-6-15(14)22(9)11-4-5-12-13(8-11)21-17(24)20-12/h3-8,11H,1-2H3,(H,18,23)(H,21,24). The highest BCUT2D eigenvalue weighted by molar-refractivity contribution is 6.19. The van der Waals surface area contributed by atoms with Crippen molar-refractivity contribution < 1.29 is 9.59 Å². The van der Waals surface area contributed by atoms with Gasteiger partial charge >= 0.3 is 6.03 Å². The number of hydrogen-bond acceptors (Lipinski definition) is 3. The van der Waals surface area contributed by atoms with E-state index in [4.69, 9.17) is 0 Å². The van der Waals surface area contributed by atoms with Crippen molar-refractivity contribution in [1.82, 2.24) is 20.2 Å². The first-order valence-electron chi connectivity index (χ1n) is 7.57. The van der Waals surface area contributed by atoms with E-state index in [9.17, 15) is 9.59 Å². The lowest BCUT2D eigenvalue weighted by molar-refractivity contribution is 0.0963. The molecule has 24 heavy (non-hydrogen) atoms. The molecule has 1 aromatic heterocycles. The van der Waals surface area contributed by atoms with Gasteiger partial charge < -0.3 is 15.2 Å². The van der Waals surface area contributed by atoms with Gasteiger partial charge in [0.1, 0.15) is 5.82 Å². The summed E-state index contributed by atoms with van der Waals surface area (Å²) in [7, 11) is 1.60. The molecule has 120 valence electrons. The molecule has 1 aromatic carbocycles. The predicted octanol–water partition coefficient (Wildman–Crippen LogP) is 1.86. The first-order chi connectivity index (χ1) is 11.6. The van der Waals surface area contributed by atoms with E-state index in [2.05, 4.69) is 25.2 Å². The number of carbonyl (C=O) groups excluding carboxylic acids is 2. The second-order valence-electron chi connectivity index (χ2n) is 5.67. The lowest BCUT2D eigenvalue weighted by atomic mass is 10.1. The Labute approximate surface area is 137 Å². The van der Waals surface area contributed by atoms with E-state index in [1.165, 1.54) is 0 Å². The summed E-state index contributed by atoms with van der Waals surface area (Å²) in [6.07, 6.45) is 5.76. The van der Waals surface area contributed by atoms with Gasteiger partial charge in [-0.1, -0.05) is 6.08 Å². The van der Waals surface area contributed by atoms with Crippen molar-refractivity contribution in [3.63, 3.8) is 0 Å². The van der Waals surface area contributed by atoms with Crippen molar-refractivity contribution in [2.45, 2.75) is 13.0 Å². The van der Waals surface area contributed by atoms with Crippen molar-refractivity contribution in [1.29, 1.82) is 0 Å². The highest BCUT2D eigenvalue weighted by Gasteiger charge is 2.24. The van der Waals surface area contributed by atoms with Crippen LogP contribution in [-0.4, -0.2) is 34.2 Å². The molecule has 2 aliphatic rings. The predicted molar refractivity (Wildman–Crippen MR) is 90.1 cm³/mol. The summed E-state index contributed by atoms with van der Waals surface area (Å²) in [5.41, 5.74) is 3.63. The van der Waals surface area contributed by atoms with E-state index in [1.807, 2.05) is 31.2 Å². The number of nitrogens with one attached hydrogen (secondary N) is 2. The SMILES string of the molecule is CNC(=O)c1ccc2c(c1)nc(C)n2C1C=CC2=NC(=O)NC2=C1. The lowest BCUT2D eigenvalue weighted by Crippen LogP contribution is -2.19. The maximum atomic E-state index is 11.8. The number of aryl methyl sites for hydroxylation is 1. The molecular formula is C17H15N5O2. The third kappa shape index (κ3) is 2.13. The van der Waals surface area contributed by atoms with Crippen LogP contribution >= 0.6 is 0 Å². The molecule has 4 rings (SSSR count). The molecule has 0 bridgehead atoms. The number of benzene rings is 1. The number of aliphatic imine (C=N–C) groups is 1. The largest absolute Gasteiger partial charge is 0.355 e. The Morgan fingerprint density at radius 2 is 2.21 bits per heavy atom. The number of fused-ring (bicyclic) bond motifs is 2. The molecule has 2 heterocycles. The zero-order chi connectivity index (χ0) is 16.8. The first-order valence-corrected chi connectivity index (χ1v) is 7.57. The summed E-state index contributed by atoms with van der Waals surface area (Å²) in [6, 6.07) is 5.03. The number of imidazole rings is 1. The van der Waals surface area contributed by atoms with Crippen LogP contribution in [0.5, 0.6) is 0 Å². The third-order valence-corrected chi connectivity index (χ3v) is 4.18. The van der Waals surface area contributed by atoms with Crippen LogP contribution in [0.2, 0.25) is 0 Å². The van der Waals surface area contributed by atoms with E-state index in [-0.39, 0.29) is 18.0 Å². The van der Waals surface area contributed by atoms with E-state index < -0.39 is 0 Å². The van der Waals surface area contributed by atoms with Crippen LogP contribution in [-0.2, 0) is 0 Å². The molecule has 2 aromatic rings. The summed E-state index contributed by atoms with van der Waals surface area (Å²) >= 11 is 0. The molecule has 7 nitrogen and oxygen atoms in total. The molecule has 0 radical (unpaired) electrons. The second-order valence-corrected chi connectivity index (χ2v) is 5.67. The topological polar surface area (TPSA) is 88.4 Å². The Morgan fingerprint density at radius 1 is 1.38 bits per heavy atom. The number of nitrogens with zero attached hydrogens (tertiary/aromatic N) is 3. The number of rotatable bonds is 2. The van der Waals surface area contributed by atoms with Crippen LogP contribution < -0.4 is 10.6 Å². The molecule has 0 saturated carbocycles. The Balaban J connectivity index is 1.79. The van der Waals surface area contributed by atoms with Crippen LogP contribution in [0.15, 0.2) is 47.1 Å². The van der Waals surface area contributed by atoms with Gasteiger partial charge in [-0.25, -0.2) is 9.78 Å². The zero-order valence-electron chi connectivity index (χ0n) is 13.2. The fourth-order valence-electron chi connectivity index (χ4n) is 3.09. The van der Waals surface area contributed by atoms with Gasteiger partial charge in [-0.2, -0.15) is 4.99 Å². The molecule has 7 heteroatoms. The quantitative estimate of drug-likeness (QED) is 0.885. The molecule has 0 saturated heterocycles. The van der Waals surface area contributed by atoms with Gasteiger partial charge in [0.05, 0.1) is 28.5 Å². The normalized spacial score (nSPS) is 18.9.